The number of nitrogens with one attached hydrogen (secondary N) is 1. The summed E-state index contributed by atoms with van der Waals surface area (Å²) in [7, 11) is 1.58. The molecule has 1 aliphatic rings. The summed E-state index contributed by atoms with van der Waals surface area (Å²) in [4.78, 5) is 16.9. The van der Waals surface area contributed by atoms with Crippen molar-refractivity contribution in [1.29, 1.82) is 5.26 Å². The molecule has 0 bridgehead atoms. The number of methoxy groups -OCH3 is 1. The number of nitriles is 1. The zero-order valence-corrected chi connectivity index (χ0v) is 12.9. The van der Waals surface area contributed by atoms with Crippen molar-refractivity contribution in [2.45, 2.75) is 6.04 Å². The van der Waals surface area contributed by atoms with Gasteiger partial charge >= 0.3 is 0 Å². The number of amides is 1. The van der Waals surface area contributed by atoms with E-state index < -0.39 is 12.0 Å². The van der Waals surface area contributed by atoms with E-state index >= 15 is 0 Å². The van der Waals surface area contributed by atoms with E-state index in [2.05, 4.69) is 16.4 Å². The number of fused-ring (bicyclic) bond motifs is 3. The van der Waals surface area contributed by atoms with Crippen molar-refractivity contribution in [1.82, 2.24) is 9.55 Å². The van der Waals surface area contributed by atoms with Crippen LogP contribution in [0, 0.1) is 17.2 Å². The summed E-state index contributed by atoms with van der Waals surface area (Å²) in [5, 5.41) is 12.3. The normalized spacial score (nSPS) is 19.4. The molecule has 24 heavy (non-hydrogen) atoms. The molecule has 2 atom stereocenters. The third kappa shape index (κ3) is 1.95. The van der Waals surface area contributed by atoms with Crippen LogP contribution in [-0.2, 0) is 4.79 Å². The van der Waals surface area contributed by atoms with E-state index in [4.69, 9.17) is 4.74 Å². The van der Waals surface area contributed by atoms with Gasteiger partial charge in [-0.2, -0.15) is 5.26 Å². The zero-order chi connectivity index (χ0) is 16.7. The third-order valence-electron chi connectivity index (χ3n) is 4.30. The number of hydrogen-bond donors (Lipinski definition) is 1. The number of nitrogens with zero attached hydrogens (tertiary/aromatic N) is 3. The lowest BCUT2D eigenvalue weighted by atomic mass is 9.90. The fraction of sp³-hybridized carbons (Fsp3) is 0.167. The molecule has 0 saturated carbocycles. The van der Waals surface area contributed by atoms with Gasteiger partial charge in [0.1, 0.15) is 5.75 Å². The summed E-state index contributed by atoms with van der Waals surface area (Å²) in [6, 6.07) is 16.7. The minimum atomic E-state index is -0.869. The number of ether oxygens (including phenoxy) is 1. The summed E-state index contributed by atoms with van der Waals surface area (Å²) in [6.07, 6.45) is 0. The summed E-state index contributed by atoms with van der Waals surface area (Å²) in [6.45, 7) is 0. The Bertz CT molecular complexity index is 986. The van der Waals surface area contributed by atoms with Crippen molar-refractivity contribution in [3.8, 4) is 11.8 Å². The number of hydrogen-bond acceptors (Lipinski definition) is 4. The lowest BCUT2D eigenvalue weighted by Gasteiger charge is -2.30. The second-order valence-electron chi connectivity index (χ2n) is 5.58. The van der Waals surface area contributed by atoms with Crippen molar-refractivity contribution in [3.63, 3.8) is 0 Å². The Kier molecular flexibility index (Phi) is 3.21. The molecular weight excluding hydrogens is 304 g/mol. The zero-order valence-electron chi connectivity index (χ0n) is 12.9. The lowest BCUT2D eigenvalue weighted by Crippen LogP contribution is -2.37. The van der Waals surface area contributed by atoms with Crippen LogP contribution in [0.4, 0.5) is 5.95 Å². The molecule has 118 valence electrons. The molecule has 0 saturated heterocycles. The van der Waals surface area contributed by atoms with Gasteiger partial charge in [-0.3, -0.25) is 10.1 Å². The fourth-order valence-electron chi connectivity index (χ4n) is 3.25. The largest absolute Gasteiger partial charge is 0.496 e. The molecule has 2 aromatic carbocycles. The van der Waals surface area contributed by atoms with E-state index in [1.54, 1.807) is 7.11 Å². The average Bonchev–Trinajstić information content (AvgIpc) is 2.98. The molecule has 3 aromatic rings. The molecule has 0 fully saturated rings. The van der Waals surface area contributed by atoms with Gasteiger partial charge in [0.2, 0.25) is 11.9 Å². The fourth-order valence-corrected chi connectivity index (χ4v) is 3.25. The SMILES string of the molecule is COc1ccccc1[C@H]1[C@@H](C#N)C(=O)Nc2nc3ccccc3n21. The standard InChI is InChI=1S/C18H14N4O2/c1-24-15-9-5-2-6-11(15)16-12(10-19)17(23)21-18-20-13-7-3-4-8-14(13)22(16)18/h2-9,12,16H,1H3,(H,20,21,23)/t12-,16+/m1/s1. The molecule has 1 aliphatic heterocycles. The maximum absolute atomic E-state index is 12.4. The quantitative estimate of drug-likeness (QED) is 0.788. The van der Waals surface area contributed by atoms with Gasteiger partial charge in [-0.05, 0) is 18.2 Å². The second kappa shape index (κ2) is 5.39. The first kappa shape index (κ1) is 14.3. The number of carbonyl (C=O) groups excluding carboxylic acids is 1. The van der Waals surface area contributed by atoms with Crippen LogP contribution < -0.4 is 10.1 Å². The Morgan fingerprint density at radius 2 is 1.96 bits per heavy atom. The van der Waals surface area contributed by atoms with Crippen LogP contribution in [0.15, 0.2) is 48.5 Å². The minimum Gasteiger partial charge on any atom is -0.496 e. The number of aromatic nitrogens is 2. The molecule has 4 rings (SSSR count). The maximum atomic E-state index is 12.4. The van der Waals surface area contributed by atoms with Crippen molar-refractivity contribution in [3.05, 3.63) is 54.1 Å². The summed E-state index contributed by atoms with van der Waals surface area (Å²) in [5.74, 6) is -0.132. The number of rotatable bonds is 2. The Morgan fingerprint density at radius 3 is 2.75 bits per heavy atom. The highest BCUT2D eigenvalue weighted by Crippen LogP contribution is 2.40. The summed E-state index contributed by atoms with van der Waals surface area (Å²) >= 11 is 0. The van der Waals surface area contributed by atoms with Crippen molar-refractivity contribution in [2.75, 3.05) is 12.4 Å². The number of carbonyl (C=O) groups is 1. The van der Waals surface area contributed by atoms with Gasteiger partial charge in [-0.1, -0.05) is 30.3 Å². The lowest BCUT2D eigenvalue weighted by molar-refractivity contribution is -0.119. The maximum Gasteiger partial charge on any atom is 0.246 e. The second-order valence-corrected chi connectivity index (χ2v) is 5.58. The molecule has 1 aromatic heterocycles. The summed E-state index contributed by atoms with van der Waals surface area (Å²) in [5.41, 5.74) is 2.42. The van der Waals surface area contributed by atoms with Gasteiger partial charge in [0.05, 0.1) is 30.3 Å². The molecule has 0 aliphatic carbocycles. The summed E-state index contributed by atoms with van der Waals surface area (Å²) < 4.78 is 7.36. The first-order valence-electron chi connectivity index (χ1n) is 7.55. The first-order valence-corrected chi connectivity index (χ1v) is 7.55. The van der Waals surface area contributed by atoms with Crippen molar-refractivity contribution >= 4 is 22.9 Å². The Morgan fingerprint density at radius 1 is 1.21 bits per heavy atom. The molecule has 6 heteroatoms. The first-order chi connectivity index (χ1) is 11.7. The highest BCUT2D eigenvalue weighted by Gasteiger charge is 2.40. The van der Waals surface area contributed by atoms with Gasteiger partial charge in [0.15, 0.2) is 5.92 Å². The van der Waals surface area contributed by atoms with Crippen LogP contribution >= 0.6 is 0 Å². The predicted octanol–water partition coefficient (Wildman–Crippen LogP) is 2.73. The topological polar surface area (TPSA) is 79.9 Å². The highest BCUT2D eigenvalue weighted by atomic mass is 16.5. The van der Waals surface area contributed by atoms with Crippen LogP contribution in [0.3, 0.4) is 0 Å². The van der Waals surface area contributed by atoms with Crippen molar-refractivity contribution < 1.29 is 9.53 Å². The molecular formula is C18H14N4O2. The van der Waals surface area contributed by atoms with E-state index in [1.165, 1.54) is 0 Å². The van der Waals surface area contributed by atoms with E-state index in [1.807, 2.05) is 53.1 Å². The van der Waals surface area contributed by atoms with E-state index in [-0.39, 0.29) is 5.91 Å². The van der Waals surface area contributed by atoms with Crippen LogP contribution in [0.25, 0.3) is 11.0 Å². The molecule has 1 N–H and O–H groups in total. The minimum absolute atomic E-state index is 0.351. The Balaban J connectivity index is 2.04. The molecule has 0 spiro atoms. The molecule has 6 nitrogen and oxygen atoms in total. The van der Waals surface area contributed by atoms with E-state index in [9.17, 15) is 10.1 Å². The molecule has 1 amide bonds. The number of para-hydroxylation sites is 3. The van der Waals surface area contributed by atoms with Crippen LogP contribution in [0.2, 0.25) is 0 Å². The molecule has 0 radical (unpaired) electrons. The van der Waals surface area contributed by atoms with Gasteiger partial charge in [0, 0.05) is 5.56 Å². The van der Waals surface area contributed by atoms with E-state index in [0.29, 0.717) is 11.7 Å². The predicted molar refractivity (Wildman–Crippen MR) is 88.6 cm³/mol. The monoisotopic (exact) mass is 318 g/mol. The smallest absolute Gasteiger partial charge is 0.246 e. The van der Waals surface area contributed by atoms with Crippen LogP contribution in [0.5, 0.6) is 5.75 Å². The molecule has 2 heterocycles. The van der Waals surface area contributed by atoms with Crippen LogP contribution in [0.1, 0.15) is 11.6 Å². The van der Waals surface area contributed by atoms with Crippen molar-refractivity contribution in [2.24, 2.45) is 5.92 Å². The average molecular weight is 318 g/mol. The number of imidazole rings is 1. The molecule has 0 unspecified atom stereocenters. The Hall–Kier alpha value is -3.33. The van der Waals surface area contributed by atoms with Crippen LogP contribution in [-0.4, -0.2) is 22.6 Å². The van der Waals surface area contributed by atoms with Gasteiger partial charge in [-0.15, -0.1) is 0 Å². The number of anilines is 1. The van der Waals surface area contributed by atoms with Gasteiger partial charge < -0.3 is 9.30 Å². The number of benzene rings is 2. The van der Waals surface area contributed by atoms with E-state index in [0.717, 1.165) is 16.6 Å². The van der Waals surface area contributed by atoms with Gasteiger partial charge in [-0.25, -0.2) is 4.98 Å². The third-order valence-corrected chi connectivity index (χ3v) is 4.30. The van der Waals surface area contributed by atoms with Gasteiger partial charge in [0.25, 0.3) is 0 Å². The Labute approximate surface area is 138 Å². The highest BCUT2D eigenvalue weighted by molar-refractivity contribution is 5.97.